The third kappa shape index (κ3) is 3.40. The molecule has 0 bridgehead atoms. The number of pyridine rings is 1. The van der Waals surface area contributed by atoms with Crippen LogP contribution in [0.5, 0.6) is 0 Å². The SMILES string of the molecule is Cc1ccc(CN2CCC(NC(=O)c3cnc4c(c3)ncn4C)C2=O)cc1. The number of rotatable bonds is 4. The van der Waals surface area contributed by atoms with Crippen LogP contribution in [0.25, 0.3) is 11.2 Å². The summed E-state index contributed by atoms with van der Waals surface area (Å²) >= 11 is 0. The summed E-state index contributed by atoms with van der Waals surface area (Å²) in [6, 6.07) is 9.33. The largest absolute Gasteiger partial charge is 0.340 e. The number of aryl methyl sites for hydroxylation is 2. The van der Waals surface area contributed by atoms with Crippen molar-refractivity contribution in [1.29, 1.82) is 0 Å². The van der Waals surface area contributed by atoms with Gasteiger partial charge in [0.05, 0.1) is 11.9 Å². The molecule has 2 amide bonds. The first-order chi connectivity index (χ1) is 13.0. The number of imidazole rings is 1. The highest BCUT2D eigenvalue weighted by Gasteiger charge is 2.32. The predicted octanol–water partition coefficient (Wildman–Crippen LogP) is 1.81. The Bertz CT molecular complexity index is 1010. The van der Waals surface area contributed by atoms with E-state index in [2.05, 4.69) is 15.3 Å². The molecular formula is C20H21N5O2. The summed E-state index contributed by atoms with van der Waals surface area (Å²) in [7, 11) is 1.85. The molecule has 3 aromatic rings. The van der Waals surface area contributed by atoms with Crippen molar-refractivity contribution < 1.29 is 9.59 Å². The summed E-state index contributed by atoms with van der Waals surface area (Å²) < 4.78 is 1.79. The van der Waals surface area contributed by atoms with Crippen molar-refractivity contribution >= 4 is 23.0 Å². The number of carbonyl (C=O) groups is 2. The standard InChI is InChI=1S/C20H21N5O2/c1-13-3-5-14(6-4-13)11-25-8-7-16(20(25)27)23-19(26)15-9-17-18(21-10-15)24(2)12-22-17/h3-6,9-10,12,16H,7-8,11H2,1-2H3,(H,23,26). The average molecular weight is 363 g/mol. The maximum atomic E-state index is 12.6. The molecule has 7 nitrogen and oxygen atoms in total. The van der Waals surface area contributed by atoms with Crippen LogP contribution in [0.15, 0.2) is 42.9 Å². The molecule has 4 rings (SSSR count). The Morgan fingerprint density at radius 1 is 1.26 bits per heavy atom. The number of likely N-dealkylation sites (tertiary alicyclic amines) is 1. The summed E-state index contributed by atoms with van der Waals surface area (Å²) in [5.74, 6) is -0.346. The quantitative estimate of drug-likeness (QED) is 0.767. The molecule has 1 aromatic carbocycles. The van der Waals surface area contributed by atoms with Gasteiger partial charge < -0.3 is 14.8 Å². The normalized spacial score (nSPS) is 16.9. The van der Waals surface area contributed by atoms with Gasteiger partial charge in [-0.1, -0.05) is 29.8 Å². The first-order valence-corrected chi connectivity index (χ1v) is 8.93. The molecule has 3 heterocycles. The Labute approximate surface area is 157 Å². The zero-order valence-corrected chi connectivity index (χ0v) is 15.3. The van der Waals surface area contributed by atoms with Crippen LogP contribution in [-0.2, 0) is 18.4 Å². The Morgan fingerprint density at radius 2 is 2.04 bits per heavy atom. The number of nitrogens with zero attached hydrogens (tertiary/aromatic N) is 4. The van der Waals surface area contributed by atoms with Crippen LogP contribution in [0, 0.1) is 6.92 Å². The van der Waals surface area contributed by atoms with E-state index in [-0.39, 0.29) is 11.8 Å². The molecule has 1 saturated heterocycles. The first kappa shape index (κ1) is 17.2. The summed E-state index contributed by atoms with van der Waals surface area (Å²) in [5.41, 5.74) is 4.06. The fourth-order valence-corrected chi connectivity index (χ4v) is 3.33. The number of aromatic nitrogens is 3. The Balaban J connectivity index is 1.42. The van der Waals surface area contributed by atoms with Crippen LogP contribution >= 0.6 is 0 Å². The summed E-state index contributed by atoms with van der Waals surface area (Å²) in [4.78, 5) is 35.5. The molecule has 1 aliphatic rings. The maximum Gasteiger partial charge on any atom is 0.253 e. The first-order valence-electron chi connectivity index (χ1n) is 8.93. The number of fused-ring (bicyclic) bond motifs is 1. The second-order valence-corrected chi connectivity index (χ2v) is 6.98. The summed E-state index contributed by atoms with van der Waals surface area (Å²) in [5, 5.41) is 2.84. The van der Waals surface area contributed by atoms with E-state index in [1.165, 1.54) is 11.8 Å². The lowest BCUT2D eigenvalue weighted by atomic mass is 10.1. The predicted molar refractivity (Wildman–Crippen MR) is 101 cm³/mol. The van der Waals surface area contributed by atoms with Gasteiger partial charge in [-0.2, -0.15) is 0 Å². The fraction of sp³-hybridized carbons (Fsp3) is 0.300. The number of hydrogen-bond acceptors (Lipinski definition) is 4. The molecule has 7 heteroatoms. The highest BCUT2D eigenvalue weighted by molar-refractivity contribution is 5.99. The Hall–Kier alpha value is -3.22. The van der Waals surface area contributed by atoms with Gasteiger partial charge in [-0.3, -0.25) is 9.59 Å². The van der Waals surface area contributed by atoms with Gasteiger partial charge in [-0.25, -0.2) is 9.97 Å². The molecule has 0 saturated carbocycles. The number of hydrogen-bond donors (Lipinski definition) is 1. The van der Waals surface area contributed by atoms with E-state index < -0.39 is 6.04 Å². The van der Waals surface area contributed by atoms with Crippen LogP contribution in [0.3, 0.4) is 0 Å². The van der Waals surface area contributed by atoms with Gasteiger partial charge in [-0.05, 0) is 25.0 Å². The minimum atomic E-state index is -0.498. The maximum absolute atomic E-state index is 12.6. The topological polar surface area (TPSA) is 80.1 Å². The lowest BCUT2D eigenvalue weighted by molar-refractivity contribution is -0.129. The van der Waals surface area contributed by atoms with Gasteiger partial charge in [0, 0.05) is 26.3 Å². The van der Waals surface area contributed by atoms with E-state index in [4.69, 9.17) is 0 Å². The van der Waals surface area contributed by atoms with Crippen LogP contribution in [0.4, 0.5) is 0 Å². The smallest absolute Gasteiger partial charge is 0.253 e. The number of benzene rings is 1. The molecule has 1 atom stereocenters. The highest BCUT2D eigenvalue weighted by Crippen LogP contribution is 2.17. The van der Waals surface area contributed by atoms with E-state index in [0.717, 1.165) is 5.56 Å². The van der Waals surface area contributed by atoms with Gasteiger partial charge in [0.15, 0.2) is 5.65 Å². The van der Waals surface area contributed by atoms with Crippen molar-refractivity contribution in [2.45, 2.75) is 25.9 Å². The third-order valence-corrected chi connectivity index (χ3v) is 4.91. The molecule has 0 radical (unpaired) electrons. The Morgan fingerprint density at radius 3 is 2.81 bits per heavy atom. The van der Waals surface area contributed by atoms with E-state index in [1.807, 2.05) is 38.2 Å². The van der Waals surface area contributed by atoms with Crippen molar-refractivity contribution in [3.63, 3.8) is 0 Å². The molecule has 2 aromatic heterocycles. The van der Waals surface area contributed by atoms with Crippen LogP contribution in [-0.4, -0.2) is 43.8 Å². The average Bonchev–Trinajstić information content (AvgIpc) is 3.20. The van der Waals surface area contributed by atoms with E-state index in [9.17, 15) is 9.59 Å². The molecule has 138 valence electrons. The second-order valence-electron chi connectivity index (χ2n) is 6.98. The monoisotopic (exact) mass is 363 g/mol. The van der Waals surface area contributed by atoms with Crippen LogP contribution in [0.1, 0.15) is 27.9 Å². The van der Waals surface area contributed by atoms with E-state index in [0.29, 0.717) is 36.2 Å². The molecular weight excluding hydrogens is 342 g/mol. The minimum absolute atomic E-state index is 0.0456. The van der Waals surface area contributed by atoms with Crippen LogP contribution < -0.4 is 5.32 Å². The van der Waals surface area contributed by atoms with Crippen molar-refractivity contribution in [2.24, 2.45) is 7.05 Å². The van der Waals surface area contributed by atoms with E-state index in [1.54, 1.807) is 21.9 Å². The van der Waals surface area contributed by atoms with Crippen molar-refractivity contribution in [3.05, 3.63) is 59.5 Å². The summed E-state index contributed by atoms with van der Waals surface area (Å²) in [6.07, 6.45) is 3.78. The fourth-order valence-electron chi connectivity index (χ4n) is 3.33. The highest BCUT2D eigenvalue weighted by atomic mass is 16.2. The second kappa shape index (κ2) is 6.83. The van der Waals surface area contributed by atoms with Crippen molar-refractivity contribution in [3.8, 4) is 0 Å². The lowest BCUT2D eigenvalue weighted by Crippen LogP contribution is -2.41. The molecule has 0 spiro atoms. The molecule has 0 aliphatic carbocycles. The minimum Gasteiger partial charge on any atom is -0.340 e. The molecule has 1 unspecified atom stereocenters. The van der Waals surface area contributed by atoms with Gasteiger partial charge in [0.2, 0.25) is 5.91 Å². The van der Waals surface area contributed by atoms with Gasteiger partial charge in [0.1, 0.15) is 11.6 Å². The molecule has 1 N–H and O–H groups in total. The number of nitrogens with one attached hydrogen (secondary N) is 1. The lowest BCUT2D eigenvalue weighted by Gasteiger charge is -2.17. The number of carbonyl (C=O) groups excluding carboxylic acids is 2. The van der Waals surface area contributed by atoms with E-state index >= 15 is 0 Å². The van der Waals surface area contributed by atoms with Gasteiger partial charge >= 0.3 is 0 Å². The Kier molecular flexibility index (Phi) is 4.35. The zero-order chi connectivity index (χ0) is 19.0. The van der Waals surface area contributed by atoms with Gasteiger partial charge in [0.25, 0.3) is 5.91 Å². The van der Waals surface area contributed by atoms with Crippen molar-refractivity contribution in [2.75, 3.05) is 6.54 Å². The zero-order valence-electron chi connectivity index (χ0n) is 15.3. The van der Waals surface area contributed by atoms with Crippen LogP contribution in [0.2, 0.25) is 0 Å². The summed E-state index contributed by atoms with van der Waals surface area (Å²) in [6.45, 7) is 3.23. The third-order valence-electron chi connectivity index (χ3n) is 4.91. The van der Waals surface area contributed by atoms with Crippen molar-refractivity contribution in [1.82, 2.24) is 24.8 Å². The molecule has 27 heavy (non-hydrogen) atoms. The van der Waals surface area contributed by atoms with Gasteiger partial charge in [-0.15, -0.1) is 0 Å². The molecule has 1 aliphatic heterocycles. The molecule has 1 fully saturated rings. The number of amides is 2.